The predicted octanol–water partition coefficient (Wildman–Crippen LogP) is 13.1. The van der Waals surface area contributed by atoms with Crippen LogP contribution in [0.2, 0.25) is 0 Å². The number of carbonyl (C=O) groups is 2. The van der Waals surface area contributed by atoms with Gasteiger partial charge in [0.05, 0.1) is 0 Å². The van der Waals surface area contributed by atoms with E-state index in [0.717, 1.165) is 64.2 Å². The molecule has 0 aromatic carbocycles. The highest BCUT2D eigenvalue weighted by Crippen LogP contribution is 2.18. The van der Waals surface area contributed by atoms with Crippen molar-refractivity contribution in [2.24, 2.45) is 0 Å². The molecule has 1 unspecified atom stereocenters. The van der Waals surface area contributed by atoms with Gasteiger partial charge in [-0.1, -0.05) is 161 Å². The number of hydrogen-bond acceptors (Lipinski definition) is 3. The van der Waals surface area contributed by atoms with E-state index < -0.39 is 5.97 Å². The van der Waals surface area contributed by atoms with Crippen molar-refractivity contribution in [3.05, 3.63) is 12.2 Å². The standard InChI is InChI=1S/C39H74O4/c1-3-5-7-8-9-10-11-12-13-14-15-16-17-18-19-20-21-22-26-29-32-36-39(42)43-37(33-6-4-2)34-30-27-24-23-25-28-31-35-38(40)41/h12-13,37H,3-11,14-36H2,1-2H3,(H,40,41)/b13-12-. The first kappa shape index (κ1) is 41.7. The molecule has 4 heteroatoms. The van der Waals surface area contributed by atoms with E-state index in [2.05, 4.69) is 26.0 Å². The van der Waals surface area contributed by atoms with Crippen molar-refractivity contribution in [2.45, 2.75) is 225 Å². The summed E-state index contributed by atoms with van der Waals surface area (Å²) in [5.74, 6) is -0.681. The highest BCUT2D eigenvalue weighted by atomic mass is 16.5. The van der Waals surface area contributed by atoms with Gasteiger partial charge in [-0.25, -0.2) is 0 Å². The smallest absolute Gasteiger partial charge is 0.306 e. The number of esters is 1. The zero-order valence-corrected chi connectivity index (χ0v) is 29.0. The van der Waals surface area contributed by atoms with E-state index in [-0.39, 0.29) is 12.1 Å². The van der Waals surface area contributed by atoms with Gasteiger partial charge in [0.1, 0.15) is 6.10 Å². The Bertz CT molecular complexity index is 614. The molecule has 0 aliphatic rings. The molecule has 0 aromatic heterocycles. The number of aliphatic carboxylic acids is 1. The summed E-state index contributed by atoms with van der Waals surface area (Å²) in [4.78, 5) is 23.0. The normalized spacial score (nSPS) is 12.2. The Kier molecular flexibility index (Phi) is 34.1. The summed E-state index contributed by atoms with van der Waals surface area (Å²) in [5.41, 5.74) is 0. The molecule has 1 N–H and O–H groups in total. The SMILES string of the molecule is CCCCCCCC/C=C\CCCCCCCCCCCCCC(=O)OC(CCCC)CCCCCCCCCC(=O)O. The van der Waals surface area contributed by atoms with Crippen LogP contribution < -0.4 is 0 Å². The molecular formula is C39H74O4. The second-order valence-electron chi connectivity index (χ2n) is 13.1. The second kappa shape index (κ2) is 35.2. The summed E-state index contributed by atoms with van der Waals surface area (Å²) in [6, 6.07) is 0. The van der Waals surface area contributed by atoms with E-state index in [1.54, 1.807) is 0 Å². The lowest BCUT2D eigenvalue weighted by Gasteiger charge is -2.18. The summed E-state index contributed by atoms with van der Waals surface area (Å²) < 4.78 is 5.88. The molecule has 0 radical (unpaired) electrons. The molecule has 0 fully saturated rings. The molecule has 0 saturated carbocycles. The molecule has 0 rings (SSSR count). The molecule has 0 aromatic rings. The van der Waals surface area contributed by atoms with Crippen molar-refractivity contribution in [1.29, 1.82) is 0 Å². The van der Waals surface area contributed by atoms with Crippen molar-refractivity contribution in [3.8, 4) is 0 Å². The van der Waals surface area contributed by atoms with Gasteiger partial charge in [-0.2, -0.15) is 0 Å². The molecule has 0 bridgehead atoms. The van der Waals surface area contributed by atoms with Crippen LogP contribution in [-0.2, 0) is 14.3 Å². The van der Waals surface area contributed by atoms with Crippen LogP contribution in [0.25, 0.3) is 0 Å². The minimum absolute atomic E-state index is 0.00725. The van der Waals surface area contributed by atoms with E-state index in [1.165, 1.54) is 128 Å². The van der Waals surface area contributed by atoms with Gasteiger partial charge in [-0.05, 0) is 57.8 Å². The van der Waals surface area contributed by atoms with Crippen LogP contribution in [0.3, 0.4) is 0 Å². The van der Waals surface area contributed by atoms with Crippen LogP contribution in [0.1, 0.15) is 219 Å². The summed E-state index contributed by atoms with van der Waals surface area (Å²) in [6.45, 7) is 4.48. The third kappa shape index (κ3) is 35.0. The summed E-state index contributed by atoms with van der Waals surface area (Å²) >= 11 is 0. The quantitative estimate of drug-likeness (QED) is 0.0443. The molecule has 1 atom stereocenters. The van der Waals surface area contributed by atoms with Crippen LogP contribution in [-0.4, -0.2) is 23.1 Å². The van der Waals surface area contributed by atoms with Gasteiger partial charge in [0.2, 0.25) is 0 Å². The lowest BCUT2D eigenvalue weighted by atomic mass is 10.0. The number of rotatable bonds is 35. The van der Waals surface area contributed by atoms with Gasteiger partial charge in [0.25, 0.3) is 0 Å². The average Bonchev–Trinajstić information content (AvgIpc) is 2.99. The Morgan fingerprint density at radius 2 is 0.860 bits per heavy atom. The zero-order chi connectivity index (χ0) is 31.5. The largest absolute Gasteiger partial charge is 0.481 e. The minimum atomic E-state index is -0.688. The Morgan fingerprint density at radius 1 is 0.488 bits per heavy atom. The van der Waals surface area contributed by atoms with Crippen LogP contribution in [0.15, 0.2) is 12.2 Å². The Balaban J connectivity index is 3.55. The number of carboxylic acid groups (broad SMARTS) is 1. The zero-order valence-electron chi connectivity index (χ0n) is 29.0. The van der Waals surface area contributed by atoms with Crippen LogP contribution >= 0.6 is 0 Å². The van der Waals surface area contributed by atoms with Crippen molar-refractivity contribution < 1.29 is 19.4 Å². The monoisotopic (exact) mass is 607 g/mol. The first-order valence-electron chi connectivity index (χ1n) is 19.2. The van der Waals surface area contributed by atoms with Gasteiger partial charge in [0.15, 0.2) is 0 Å². The fourth-order valence-electron chi connectivity index (χ4n) is 5.87. The fraction of sp³-hybridized carbons (Fsp3) is 0.897. The first-order chi connectivity index (χ1) is 21.1. The number of unbranched alkanes of at least 4 members (excludes halogenated alkanes) is 24. The molecule has 0 spiro atoms. The maximum Gasteiger partial charge on any atom is 0.306 e. The Morgan fingerprint density at radius 3 is 1.33 bits per heavy atom. The fourth-order valence-corrected chi connectivity index (χ4v) is 5.87. The van der Waals surface area contributed by atoms with E-state index in [9.17, 15) is 9.59 Å². The van der Waals surface area contributed by atoms with Gasteiger partial charge >= 0.3 is 11.9 Å². The number of carbonyl (C=O) groups excluding carboxylic acids is 1. The van der Waals surface area contributed by atoms with Crippen molar-refractivity contribution >= 4 is 11.9 Å². The third-order valence-electron chi connectivity index (χ3n) is 8.74. The van der Waals surface area contributed by atoms with E-state index in [1.807, 2.05) is 0 Å². The summed E-state index contributed by atoms with van der Waals surface area (Å²) in [7, 11) is 0. The molecule has 0 saturated heterocycles. The van der Waals surface area contributed by atoms with E-state index in [4.69, 9.17) is 9.84 Å². The van der Waals surface area contributed by atoms with Crippen LogP contribution in [0.4, 0.5) is 0 Å². The highest BCUT2D eigenvalue weighted by Gasteiger charge is 2.14. The maximum absolute atomic E-state index is 12.4. The van der Waals surface area contributed by atoms with Gasteiger partial charge in [0, 0.05) is 12.8 Å². The summed E-state index contributed by atoms with van der Waals surface area (Å²) in [6.07, 6.45) is 42.8. The maximum atomic E-state index is 12.4. The van der Waals surface area contributed by atoms with E-state index >= 15 is 0 Å². The molecule has 0 aliphatic heterocycles. The van der Waals surface area contributed by atoms with Gasteiger partial charge in [-0.15, -0.1) is 0 Å². The molecular weight excluding hydrogens is 532 g/mol. The molecule has 4 nitrogen and oxygen atoms in total. The third-order valence-corrected chi connectivity index (χ3v) is 8.74. The lowest BCUT2D eigenvalue weighted by Crippen LogP contribution is -2.18. The first-order valence-corrected chi connectivity index (χ1v) is 19.2. The van der Waals surface area contributed by atoms with Crippen LogP contribution in [0, 0.1) is 0 Å². The number of hydrogen-bond donors (Lipinski definition) is 1. The van der Waals surface area contributed by atoms with E-state index in [0.29, 0.717) is 12.8 Å². The van der Waals surface area contributed by atoms with Gasteiger partial charge < -0.3 is 9.84 Å². The summed E-state index contributed by atoms with van der Waals surface area (Å²) in [5, 5.41) is 8.70. The number of allylic oxidation sites excluding steroid dienone is 2. The van der Waals surface area contributed by atoms with Crippen molar-refractivity contribution in [3.63, 3.8) is 0 Å². The van der Waals surface area contributed by atoms with Crippen molar-refractivity contribution in [2.75, 3.05) is 0 Å². The topological polar surface area (TPSA) is 63.6 Å². The average molecular weight is 607 g/mol. The second-order valence-corrected chi connectivity index (χ2v) is 13.1. The van der Waals surface area contributed by atoms with Crippen LogP contribution in [0.5, 0.6) is 0 Å². The molecule has 43 heavy (non-hydrogen) atoms. The Labute approximate surface area is 268 Å². The van der Waals surface area contributed by atoms with Gasteiger partial charge in [-0.3, -0.25) is 9.59 Å². The Hall–Kier alpha value is -1.32. The molecule has 0 heterocycles. The molecule has 0 aliphatic carbocycles. The number of ether oxygens (including phenoxy) is 1. The minimum Gasteiger partial charge on any atom is -0.481 e. The highest BCUT2D eigenvalue weighted by molar-refractivity contribution is 5.69. The van der Waals surface area contributed by atoms with Crippen molar-refractivity contribution in [1.82, 2.24) is 0 Å². The molecule has 254 valence electrons. The predicted molar refractivity (Wildman–Crippen MR) is 186 cm³/mol. The molecule has 0 amide bonds. The lowest BCUT2D eigenvalue weighted by molar-refractivity contribution is -0.150. The number of carboxylic acids is 1.